The van der Waals surface area contributed by atoms with Crippen LogP contribution in [-0.4, -0.2) is 14.5 Å². The van der Waals surface area contributed by atoms with Gasteiger partial charge in [0.25, 0.3) is 0 Å². The topological polar surface area (TPSA) is 42.7 Å². The molecule has 0 saturated heterocycles. The third kappa shape index (κ3) is 2.69. The minimum absolute atomic E-state index is 0.745. The highest BCUT2D eigenvalue weighted by Gasteiger charge is 2.01. The molecule has 0 aliphatic carbocycles. The zero-order valence-corrected chi connectivity index (χ0v) is 11.3. The average Bonchev–Trinajstić information content (AvgIpc) is 2.92. The largest absolute Gasteiger partial charge is 0.377 e. The number of anilines is 1. The van der Waals surface area contributed by atoms with Gasteiger partial charge in [-0.3, -0.25) is 0 Å². The molecular formula is C16H16N4. The van der Waals surface area contributed by atoms with E-state index in [2.05, 4.69) is 25.9 Å². The lowest BCUT2D eigenvalue weighted by atomic mass is 10.2. The first-order chi connectivity index (χ1) is 9.83. The summed E-state index contributed by atoms with van der Waals surface area (Å²) in [6.45, 7) is 0.761. The van der Waals surface area contributed by atoms with Crippen molar-refractivity contribution in [2.45, 2.75) is 6.54 Å². The second-order valence-electron chi connectivity index (χ2n) is 4.63. The molecule has 0 aliphatic rings. The fourth-order valence-corrected chi connectivity index (χ4v) is 2.03. The molecule has 1 N–H and O–H groups in total. The predicted octanol–water partition coefficient (Wildman–Crippen LogP) is 3.09. The summed E-state index contributed by atoms with van der Waals surface area (Å²) in [5.41, 5.74) is 3.17. The highest BCUT2D eigenvalue weighted by Crippen LogP contribution is 2.15. The molecule has 0 atom stereocenters. The second-order valence-corrected chi connectivity index (χ2v) is 4.63. The Kier molecular flexibility index (Phi) is 3.46. The standard InChI is InChI=1S/C16H16N4/c1-20-9-5-8-15(20)12-17-14-10-18-16(19-11-14)13-6-3-2-4-7-13/h2-11,17H,12H2,1H3. The van der Waals surface area contributed by atoms with E-state index >= 15 is 0 Å². The number of hydrogen-bond acceptors (Lipinski definition) is 3. The van der Waals surface area contributed by atoms with E-state index in [4.69, 9.17) is 0 Å². The summed E-state index contributed by atoms with van der Waals surface area (Å²) >= 11 is 0. The van der Waals surface area contributed by atoms with Gasteiger partial charge in [0.15, 0.2) is 5.82 Å². The smallest absolute Gasteiger partial charge is 0.159 e. The van der Waals surface area contributed by atoms with Crippen LogP contribution in [0.4, 0.5) is 5.69 Å². The summed E-state index contributed by atoms with van der Waals surface area (Å²) in [5.74, 6) is 0.745. The molecule has 2 aromatic heterocycles. The van der Waals surface area contributed by atoms with Crippen LogP contribution in [0.15, 0.2) is 61.1 Å². The molecule has 2 heterocycles. The lowest BCUT2D eigenvalue weighted by Crippen LogP contribution is -2.04. The minimum atomic E-state index is 0.745. The van der Waals surface area contributed by atoms with Crippen molar-refractivity contribution in [1.29, 1.82) is 0 Å². The minimum Gasteiger partial charge on any atom is -0.377 e. The predicted molar refractivity (Wildman–Crippen MR) is 80.2 cm³/mol. The Bertz CT molecular complexity index is 671. The first-order valence-corrected chi connectivity index (χ1v) is 6.54. The molecule has 20 heavy (non-hydrogen) atoms. The number of nitrogens with zero attached hydrogens (tertiary/aromatic N) is 3. The van der Waals surface area contributed by atoms with Crippen LogP contribution in [0.2, 0.25) is 0 Å². The Morgan fingerprint density at radius 2 is 1.75 bits per heavy atom. The van der Waals surface area contributed by atoms with Gasteiger partial charge in [0.05, 0.1) is 24.6 Å². The molecule has 0 aliphatic heterocycles. The van der Waals surface area contributed by atoms with Gasteiger partial charge in [-0.1, -0.05) is 30.3 Å². The van der Waals surface area contributed by atoms with E-state index in [1.807, 2.05) is 62.0 Å². The van der Waals surface area contributed by atoms with E-state index in [0.717, 1.165) is 23.6 Å². The van der Waals surface area contributed by atoms with Crippen LogP contribution in [0, 0.1) is 0 Å². The van der Waals surface area contributed by atoms with Crippen LogP contribution >= 0.6 is 0 Å². The van der Waals surface area contributed by atoms with Crippen molar-refractivity contribution in [1.82, 2.24) is 14.5 Å². The van der Waals surface area contributed by atoms with Gasteiger partial charge in [0.2, 0.25) is 0 Å². The number of aromatic nitrogens is 3. The van der Waals surface area contributed by atoms with Gasteiger partial charge in [-0.25, -0.2) is 9.97 Å². The maximum atomic E-state index is 4.39. The Balaban J connectivity index is 1.69. The fourth-order valence-electron chi connectivity index (χ4n) is 2.03. The fraction of sp³-hybridized carbons (Fsp3) is 0.125. The lowest BCUT2D eigenvalue weighted by Gasteiger charge is -2.07. The van der Waals surface area contributed by atoms with Crippen LogP contribution < -0.4 is 5.32 Å². The van der Waals surface area contributed by atoms with Crippen LogP contribution in [-0.2, 0) is 13.6 Å². The molecule has 100 valence electrons. The number of hydrogen-bond donors (Lipinski definition) is 1. The SMILES string of the molecule is Cn1cccc1CNc1cnc(-c2ccccc2)nc1. The van der Waals surface area contributed by atoms with E-state index in [1.165, 1.54) is 5.69 Å². The molecule has 4 nitrogen and oxygen atoms in total. The quantitative estimate of drug-likeness (QED) is 0.787. The number of rotatable bonds is 4. The number of aryl methyl sites for hydroxylation is 1. The normalized spacial score (nSPS) is 10.4. The van der Waals surface area contributed by atoms with Gasteiger partial charge in [-0.05, 0) is 12.1 Å². The van der Waals surface area contributed by atoms with E-state index in [0.29, 0.717) is 0 Å². The molecule has 0 spiro atoms. The molecular weight excluding hydrogens is 248 g/mol. The van der Waals surface area contributed by atoms with Crippen LogP contribution in [0.5, 0.6) is 0 Å². The highest BCUT2D eigenvalue weighted by molar-refractivity contribution is 5.55. The van der Waals surface area contributed by atoms with Crippen molar-refractivity contribution in [3.05, 3.63) is 66.7 Å². The first-order valence-electron chi connectivity index (χ1n) is 6.54. The third-order valence-electron chi connectivity index (χ3n) is 3.21. The maximum absolute atomic E-state index is 4.39. The summed E-state index contributed by atoms with van der Waals surface area (Å²) in [6.07, 6.45) is 5.67. The summed E-state index contributed by atoms with van der Waals surface area (Å²) in [6, 6.07) is 14.1. The number of nitrogens with one attached hydrogen (secondary N) is 1. The van der Waals surface area contributed by atoms with Gasteiger partial charge < -0.3 is 9.88 Å². The van der Waals surface area contributed by atoms with E-state index in [-0.39, 0.29) is 0 Å². The summed E-state index contributed by atoms with van der Waals surface area (Å²) in [4.78, 5) is 8.78. The van der Waals surface area contributed by atoms with E-state index < -0.39 is 0 Å². The van der Waals surface area contributed by atoms with Gasteiger partial charge in [0, 0.05) is 24.5 Å². The summed E-state index contributed by atoms with van der Waals surface area (Å²) < 4.78 is 2.09. The molecule has 0 bridgehead atoms. The molecule has 1 aromatic carbocycles. The first kappa shape index (κ1) is 12.4. The Morgan fingerprint density at radius 1 is 1.00 bits per heavy atom. The van der Waals surface area contributed by atoms with E-state index in [1.54, 1.807) is 0 Å². The summed E-state index contributed by atoms with van der Waals surface area (Å²) in [7, 11) is 2.03. The van der Waals surface area contributed by atoms with Gasteiger partial charge in [0.1, 0.15) is 0 Å². The van der Waals surface area contributed by atoms with Crippen molar-refractivity contribution in [2.24, 2.45) is 7.05 Å². The monoisotopic (exact) mass is 264 g/mol. The molecule has 0 saturated carbocycles. The molecule has 3 aromatic rings. The zero-order valence-electron chi connectivity index (χ0n) is 11.3. The molecule has 3 rings (SSSR count). The highest BCUT2D eigenvalue weighted by atomic mass is 15.0. The van der Waals surface area contributed by atoms with Crippen molar-refractivity contribution in [2.75, 3.05) is 5.32 Å². The third-order valence-corrected chi connectivity index (χ3v) is 3.21. The van der Waals surface area contributed by atoms with Gasteiger partial charge >= 0.3 is 0 Å². The molecule has 0 amide bonds. The Hall–Kier alpha value is -2.62. The molecule has 0 unspecified atom stereocenters. The van der Waals surface area contributed by atoms with Crippen molar-refractivity contribution >= 4 is 5.69 Å². The lowest BCUT2D eigenvalue weighted by molar-refractivity contribution is 0.841. The summed E-state index contributed by atoms with van der Waals surface area (Å²) in [5, 5.41) is 3.32. The van der Waals surface area contributed by atoms with Crippen LogP contribution in [0.25, 0.3) is 11.4 Å². The van der Waals surface area contributed by atoms with Crippen molar-refractivity contribution in [3.8, 4) is 11.4 Å². The maximum Gasteiger partial charge on any atom is 0.159 e. The average molecular weight is 264 g/mol. The Morgan fingerprint density at radius 3 is 2.40 bits per heavy atom. The van der Waals surface area contributed by atoms with E-state index in [9.17, 15) is 0 Å². The molecule has 0 radical (unpaired) electrons. The second kappa shape index (κ2) is 5.57. The molecule has 0 fully saturated rings. The zero-order chi connectivity index (χ0) is 13.8. The van der Waals surface area contributed by atoms with Crippen LogP contribution in [0.1, 0.15) is 5.69 Å². The van der Waals surface area contributed by atoms with Crippen LogP contribution in [0.3, 0.4) is 0 Å². The van der Waals surface area contributed by atoms with Gasteiger partial charge in [-0.15, -0.1) is 0 Å². The number of benzene rings is 1. The van der Waals surface area contributed by atoms with Gasteiger partial charge in [-0.2, -0.15) is 0 Å². The van der Waals surface area contributed by atoms with Crippen molar-refractivity contribution < 1.29 is 0 Å². The van der Waals surface area contributed by atoms with Crippen molar-refractivity contribution in [3.63, 3.8) is 0 Å². The Labute approximate surface area is 118 Å². The molecule has 4 heteroatoms.